The molecule has 152 valence electrons. The Morgan fingerprint density at radius 3 is 2.50 bits per heavy atom. The minimum absolute atomic E-state index is 0.0158. The van der Waals surface area contributed by atoms with Gasteiger partial charge in [0.2, 0.25) is 10.1 Å². The molecular weight excluding hydrogens is 401 g/mol. The molecule has 1 amide bonds. The van der Waals surface area contributed by atoms with Crippen molar-refractivity contribution in [3.63, 3.8) is 0 Å². The predicted molar refractivity (Wildman–Crippen MR) is 117 cm³/mol. The Morgan fingerprint density at radius 2 is 1.73 bits per heavy atom. The van der Waals surface area contributed by atoms with Gasteiger partial charge in [-0.15, -0.1) is 5.10 Å². The van der Waals surface area contributed by atoms with Crippen LogP contribution in [-0.2, 0) is 0 Å². The maximum absolute atomic E-state index is 14.1. The number of benzene rings is 2. The van der Waals surface area contributed by atoms with Gasteiger partial charge in [-0.2, -0.15) is 4.52 Å². The molecule has 0 radical (unpaired) electrons. The summed E-state index contributed by atoms with van der Waals surface area (Å²) in [7, 11) is 0. The number of imidazole rings is 1. The molecule has 2 aromatic carbocycles. The highest BCUT2D eigenvalue weighted by molar-refractivity contribution is 7.20. The summed E-state index contributed by atoms with van der Waals surface area (Å²) in [5, 5.41) is 8.48. The number of fused-ring (bicyclic) bond motifs is 1. The molecule has 3 heterocycles. The van der Waals surface area contributed by atoms with Crippen LogP contribution in [0.4, 0.5) is 15.3 Å². The van der Waals surface area contributed by atoms with E-state index in [4.69, 9.17) is 10.1 Å². The fourth-order valence-corrected chi connectivity index (χ4v) is 4.63. The Bertz CT molecular complexity index is 1200. The first kappa shape index (κ1) is 18.7. The smallest absolute Gasteiger partial charge is 0.259 e. The van der Waals surface area contributed by atoms with Gasteiger partial charge in [-0.1, -0.05) is 53.8 Å². The average Bonchev–Trinajstić information content (AvgIpc) is 3.34. The van der Waals surface area contributed by atoms with Crippen LogP contribution in [-0.4, -0.2) is 33.6 Å². The van der Waals surface area contributed by atoms with Gasteiger partial charge < -0.3 is 10.2 Å². The number of rotatable bonds is 4. The maximum atomic E-state index is 14.1. The van der Waals surface area contributed by atoms with Crippen molar-refractivity contribution in [3.05, 3.63) is 66.0 Å². The number of amides is 1. The van der Waals surface area contributed by atoms with E-state index in [-0.39, 0.29) is 5.56 Å². The zero-order valence-electron chi connectivity index (χ0n) is 16.2. The van der Waals surface area contributed by atoms with Crippen LogP contribution in [0.2, 0.25) is 0 Å². The number of carbonyl (C=O) groups excluding carboxylic acids is 1. The number of carbonyl (C=O) groups is 1. The molecule has 1 N–H and O–H groups in total. The van der Waals surface area contributed by atoms with Crippen molar-refractivity contribution < 1.29 is 9.18 Å². The monoisotopic (exact) mass is 421 g/mol. The largest absolute Gasteiger partial charge is 0.347 e. The number of anilines is 2. The lowest BCUT2D eigenvalue weighted by atomic mass is 10.1. The lowest BCUT2D eigenvalue weighted by Crippen LogP contribution is -2.29. The van der Waals surface area contributed by atoms with Gasteiger partial charge in [-0.3, -0.25) is 4.79 Å². The van der Waals surface area contributed by atoms with Gasteiger partial charge in [0.25, 0.3) is 5.91 Å². The lowest BCUT2D eigenvalue weighted by Gasteiger charge is -2.25. The number of nitrogens with zero attached hydrogens (tertiary/aromatic N) is 4. The van der Waals surface area contributed by atoms with Crippen molar-refractivity contribution in [1.29, 1.82) is 0 Å². The van der Waals surface area contributed by atoms with Crippen molar-refractivity contribution in [3.8, 4) is 11.3 Å². The molecule has 1 fully saturated rings. The maximum Gasteiger partial charge on any atom is 0.259 e. The second kappa shape index (κ2) is 7.87. The summed E-state index contributed by atoms with van der Waals surface area (Å²) in [6, 6.07) is 15.5. The molecule has 0 saturated carbocycles. The van der Waals surface area contributed by atoms with Crippen LogP contribution in [0.5, 0.6) is 0 Å². The molecule has 1 saturated heterocycles. The highest BCUT2D eigenvalue weighted by atomic mass is 32.1. The highest BCUT2D eigenvalue weighted by Gasteiger charge is 2.23. The third-order valence-electron chi connectivity index (χ3n) is 5.22. The van der Waals surface area contributed by atoms with Gasteiger partial charge in [0.05, 0.1) is 5.56 Å². The van der Waals surface area contributed by atoms with Crippen molar-refractivity contribution in [1.82, 2.24) is 14.6 Å². The molecule has 0 unspecified atom stereocenters. The Kier molecular flexibility index (Phi) is 4.92. The molecule has 2 aromatic heterocycles. The van der Waals surface area contributed by atoms with Crippen LogP contribution < -0.4 is 10.2 Å². The second-order valence-corrected chi connectivity index (χ2v) is 8.17. The first-order chi connectivity index (χ1) is 14.7. The minimum atomic E-state index is -0.565. The van der Waals surface area contributed by atoms with Gasteiger partial charge >= 0.3 is 0 Å². The molecule has 0 atom stereocenters. The van der Waals surface area contributed by atoms with Gasteiger partial charge in [0.1, 0.15) is 11.5 Å². The quantitative estimate of drug-likeness (QED) is 0.512. The Labute approximate surface area is 177 Å². The second-order valence-electron chi connectivity index (χ2n) is 7.24. The van der Waals surface area contributed by atoms with Crippen LogP contribution >= 0.6 is 11.3 Å². The topological polar surface area (TPSA) is 62.5 Å². The van der Waals surface area contributed by atoms with E-state index in [1.54, 1.807) is 16.6 Å². The summed E-state index contributed by atoms with van der Waals surface area (Å²) in [5.74, 6) is -0.645. The predicted octanol–water partition coefficient (Wildman–Crippen LogP) is 4.84. The van der Waals surface area contributed by atoms with Gasteiger partial charge in [-0.25, -0.2) is 9.37 Å². The van der Waals surface area contributed by atoms with E-state index < -0.39 is 11.7 Å². The van der Waals surface area contributed by atoms with E-state index in [0.717, 1.165) is 36.6 Å². The van der Waals surface area contributed by atoms with Gasteiger partial charge in [0, 0.05) is 18.7 Å². The Balaban J connectivity index is 1.58. The molecule has 5 rings (SSSR count). The summed E-state index contributed by atoms with van der Waals surface area (Å²) < 4.78 is 15.8. The van der Waals surface area contributed by atoms with Crippen LogP contribution in [0.3, 0.4) is 0 Å². The zero-order valence-corrected chi connectivity index (χ0v) is 17.0. The van der Waals surface area contributed by atoms with E-state index in [9.17, 15) is 9.18 Å². The number of aromatic nitrogens is 3. The third kappa shape index (κ3) is 3.43. The first-order valence-corrected chi connectivity index (χ1v) is 10.8. The summed E-state index contributed by atoms with van der Waals surface area (Å²) in [6.07, 6.45) is 3.53. The molecule has 4 aromatic rings. The molecule has 30 heavy (non-hydrogen) atoms. The van der Waals surface area contributed by atoms with Crippen molar-refractivity contribution in [2.45, 2.75) is 19.3 Å². The molecule has 6 nitrogen and oxygen atoms in total. The fraction of sp³-hybridized carbons (Fsp3) is 0.227. The first-order valence-electron chi connectivity index (χ1n) is 9.96. The average molecular weight is 422 g/mol. The van der Waals surface area contributed by atoms with Gasteiger partial charge in [-0.05, 0) is 31.4 Å². The summed E-state index contributed by atoms with van der Waals surface area (Å²) in [6.45, 7) is 1.94. The van der Waals surface area contributed by atoms with Crippen LogP contribution in [0.1, 0.15) is 29.6 Å². The highest BCUT2D eigenvalue weighted by Crippen LogP contribution is 2.34. The molecule has 1 aliphatic rings. The van der Waals surface area contributed by atoms with Crippen LogP contribution in [0.15, 0.2) is 54.6 Å². The molecule has 1 aliphatic heterocycles. The van der Waals surface area contributed by atoms with Crippen LogP contribution in [0.25, 0.3) is 16.2 Å². The molecule has 8 heteroatoms. The van der Waals surface area contributed by atoms with Crippen molar-refractivity contribution >= 4 is 33.2 Å². The van der Waals surface area contributed by atoms with Gasteiger partial charge in [0.15, 0.2) is 5.82 Å². The number of piperidine rings is 1. The molecular formula is C22H20FN5OS. The summed E-state index contributed by atoms with van der Waals surface area (Å²) in [4.78, 5) is 20.5. The minimum Gasteiger partial charge on any atom is -0.347 e. The number of halogens is 1. The normalized spacial score (nSPS) is 14.2. The van der Waals surface area contributed by atoms with Crippen molar-refractivity contribution in [2.24, 2.45) is 0 Å². The van der Waals surface area contributed by atoms with E-state index in [1.807, 2.05) is 30.3 Å². The summed E-state index contributed by atoms with van der Waals surface area (Å²) in [5.41, 5.74) is 1.46. The molecule has 0 spiro atoms. The van der Waals surface area contributed by atoms with E-state index >= 15 is 0 Å². The van der Waals surface area contributed by atoms with Crippen molar-refractivity contribution in [2.75, 3.05) is 23.3 Å². The number of hydrogen-bond donors (Lipinski definition) is 1. The Morgan fingerprint density at radius 1 is 1.00 bits per heavy atom. The zero-order chi connectivity index (χ0) is 20.5. The summed E-state index contributed by atoms with van der Waals surface area (Å²) >= 11 is 1.50. The molecule has 0 bridgehead atoms. The third-order valence-corrected chi connectivity index (χ3v) is 6.19. The van der Waals surface area contributed by atoms with Crippen LogP contribution in [0, 0.1) is 5.82 Å². The van der Waals surface area contributed by atoms with E-state index in [1.165, 1.54) is 29.9 Å². The van der Waals surface area contributed by atoms with E-state index in [2.05, 4.69) is 10.2 Å². The standard InChI is InChI=1S/C22H20FN5OS/c23-17-12-6-5-11-16(17)20(29)25-19-18(15-9-3-1-4-10-15)24-21-28(19)26-22(30-21)27-13-7-2-8-14-27/h1,3-6,9-12H,2,7-8,13-14H2,(H,25,29). The number of hydrogen-bond acceptors (Lipinski definition) is 5. The van der Waals surface area contributed by atoms with E-state index in [0.29, 0.717) is 16.5 Å². The Hall–Kier alpha value is -3.26. The fourth-order valence-electron chi connectivity index (χ4n) is 3.68. The SMILES string of the molecule is O=C(Nc1c(-c2ccccc2)nc2sc(N3CCCCC3)nn12)c1ccccc1F. The molecule has 0 aliphatic carbocycles. The number of nitrogens with one attached hydrogen (secondary N) is 1. The lowest BCUT2D eigenvalue weighted by molar-refractivity contribution is 0.102.